The average Bonchev–Trinajstić information content (AvgIpc) is 2.81. The number of aromatic amines is 1. The van der Waals surface area contributed by atoms with E-state index in [4.69, 9.17) is 10.3 Å². The van der Waals surface area contributed by atoms with Crippen molar-refractivity contribution in [3.05, 3.63) is 58.5 Å². The molecule has 106 valence electrons. The molecule has 0 radical (unpaired) electrons. The summed E-state index contributed by atoms with van der Waals surface area (Å²) in [6, 6.07) is 5.94. The van der Waals surface area contributed by atoms with E-state index in [1.54, 1.807) is 6.07 Å². The zero-order valence-corrected chi connectivity index (χ0v) is 10.6. The minimum atomic E-state index is -0.795. The number of halogens is 2. The van der Waals surface area contributed by atoms with Crippen LogP contribution in [0.15, 0.2) is 45.8 Å². The Hall–Kier alpha value is -2.96. The predicted molar refractivity (Wildman–Crippen MR) is 72.3 cm³/mol. The molecule has 0 saturated carbocycles. The van der Waals surface area contributed by atoms with E-state index in [0.717, 1.165) is 12.1 Å². The van der Waals surface area contributed by atoms with Gasteiger partial charge in [-0.05, 0) is 18.2 Å². The number of anilines is 1. The molecule has 0 atom stereocenters. The Kier molecular flexibility index (Phi) is 3.02. The highest BCUT2D eigenvalue weighted by Crippen LogP contribution is 2.37. The predicted octanol–water partition coefficient (Wildman–Crippen LogP) is 2.56. The molecule has 7 heteroatoms. The molecule has 0 amide bonds. The standard InChI is InChI=1S/C14H9F2N3O2/c15-8-1-2-9(10(16)6-8)12-13(19-21-14(12)17)7-3-4-18-11(20)5-7/h1-6H,17H2,(H,18,20). The van der Waals surface area contributed by atoms with Gasteiger partial charge in [-0.3, -0.25) is 4.79 Å². The molecule has 2 heterocycles. The van der Waals surface area contributed by atoms with Crippen molar-refractivity contribution < 1.29 is 13.3 Å². The van der Waals surface area contributed by atoms with Crippen LogP contribution in [0.2, 0.25) is 0 Å². The van der Waals surface area contributed by atoms with Crippen LogP contribution in [0.1, 0.15) is 0 Å². The summed E-state index contributed by atoms with van der Waals surface area (Å²) in [5.74, 6) is -1.62. The van der Waals surface area contributed by atoms with Crippen LogP contribution in [0.3, 0.4) is 0 Å². The van der Waals surface area contributed by atoms with Gasteiger partial charge in [0.05, 0.1) is 5.56 Å². The summed E-state index contributed by atoms with van der Waals surface area (Å²) in [6.45, 7) is 0. The van der Waals surface area contributed by atoms with Crippen molar-refractivity contribution in [1.29, 1.82) is 0 Å². The van der Waals surface area contributed by atoms with E-state index in [1.807, 2.05) is 0 Å². The Morgan fingerprint density at radius 1 is 1.19 bits per heavy atom. The summed E-state index contributed by atoms with van der Waals surface area (Å²) in [5, 5.41) is 3.75. The molecule has 0 aliphatic carbocycles. The summed E-state index contributed by atoms with van der Waals surface area (Å²) < 4.78 is 31.8. The highest BCUT2D eigenvalue weighted by atomic mass is 19.1. The number of nitrogens with one attached hydrogen (secondary N) is 1. The molecule has 21 heavy (non-hydrogen) atoms. The molecule has 0 spiro atoms. The van der Waals surface area contributed by atoms with Crippen LogP contribution in [0.5, 0.6) is 0 Å². The lowest BCUT2D eigenvalue weighted by molar-refractivity contribution is 0.439. The summed E-state index contributed by atoms with van der Waals surface area (Å²) in [7, 11) is 0. The summed E-state index contributed by atoms with van der Waals surface area (Å²) >= 11 is 0. The second kappa shape index (κ2) is 4.86. The quantitative estimate of drug-likeness (QED) is 0.759. The Balaban J connectivity index is 2.24. The molecule has 2 aromatic heterocycles. The minimum absolute atomic E-state index is 0.0467. The number of benzene rings is 1. The van der Waals surface area contributed by atoms with Gasteiger partial charge in [0, 0.05) is 29.5 Å². The number of nitrogens with zero attached hydrogens (tertiary/aromatic N) is 1. The SMILES string of the molecule is Nc1onc(-c2cc[nH]c(=O)c2)c1-c1ccc(F)cc1F. The highest BCUT2D eigenvalue weighted by molar-refractivity contribution is 5.86. The Labute approximate surface area is 117 Å². The van der Waals surface area contributed by atoms with Crippen molar-refractivity contribution in [3.63, 3.8) is 0 Å². The lowest BCUT2D eigenvalue weighted by Crippen LogP contribution is -2.02. The first-order chi connectivity index (χ1) is 10.1. The third kappa shape index (κ3) is 2.29. The third-order valence-electron chi connectivity index (χ3n) is 2.97. The number of hydrogen-bond donors (Lipinski definition) is 2. The largest absolute Gasteiger partial charge is 0.367 e. The normalized spacial score (nSPS) is 10.8. The van der Waals surface area contributed by atoms with E-state index in [0.29, 0.717) is 5.56 Å². The van der Waals surface area contributed by atoms with E-state index in [9.17, 15) is 13.6 Å². The van der Waals surface area contributed by atoms with Crippen molar-refractivity contribution in [2.45, 2.75) is 0 Å². The lowest BCUT2D eigenvalue weighted by Gasteiger charge is -2.04. The molecule has 0 aliphatic rings. The summed E-state index contributed by atoms with van der Waals surface area (Å²) in [5.41, 5.74) is 6.18. The zero-order valence-electron chi connectivity index (χ0n) is 10.6. The Morgan fingerprint density at radius 3 is 2.71 bits per heavy atom. The number of rotatable bonds is 2. The van der Waals surface area contributed by atoms with Crippen LogP contribution in [0.25, 0.3) is 22.4 Å². The van der Waals surface area contributed by atoms with Crippen molar-refractivity contribution >= 4 is 5.88 Å². The van der Waals surface area contributed by atoms with E-state index < -0.39 is 11.6 Å². The van der Waals surface area contributed by atoms with Gasteiger partial charge in [-0.2, -0.15) is 0 Å². The number of H-pyrrole nitrogens is 1. The fourth-order valence-corrected chi connectivity index (χ4v) is 2.04. The molecule has 0 fully saturated rings. The summed E-state index contributed by atoms with van der Waals surface area (Å²) in [6.07, 6.45) is 1.42. The van der Waals surface area contributed by atoms with Crippen LogP contribution in [-0.4, -0.2) is 10.1 Å². The number of pyridine rings is 1. The van der Waals surface area contributed by atoms with Crippen molar-refractivity contribution in [2.24, 2.45) is 0 Å². The molecule has 1 aromatic carbocycles. The molecule has 0 unspecified atom stereocenters. The van der Waals surface area contributed by atoms with Crippen molar-refractivity contribution in [1.82, 2.24) is 10.1 Å². The smallest absolute Gasteiger partial charge is 0.248 e. The molecule has 0 aliphatic heterocycles. The zero-order chi connectivity index (χ0) is 15.0. The molecule has 0 saturated heterocycles. The number of nitrogen functional groups attached to an aromatic ring is 1. The molecule has 3 aromatic rings. The fraction of sp³-hybridized carbons (Fsp3) is 0. The second-order valence-electron chi connectivity index (χ2n) is 4.34. The fourth-order valence-electron chi connectivity index (χ4n) is 2.04. The average molecular weight is 289 g/mol. The lowest BCUT2D eigenvalue weighted by atomic mass is 10.0. The van der Waals surface area contributed by atoms with Crippen LogP contribution in [0, 0.1) is 11.6 Å². The molecule has 0 bridgehead atoms. The van der Waals surface area contributed by atoms with Crippen LogP contribution in [0.4, 0.5) is 14.7 Å². The minimum Gasteiger partial charge on any atom is -0.367 e. The van der Waals surface area contributed by atoms with Crippen LogP contribution in [-0.2, 0) is 0 Å². The number of hydrogen-bond acceptors (Lipinski definition) is 4. The van der Waals surface area contributed by atoms with Gasteiger partial charge in [0.2, 0.25) is 11.4 Å². The topological polar surface area (TPSA) is 84.9 Å². The van der Waals surface area contributed by atoms with Crippen LogP contribution >= 0.6 is 0 Å². The van der Waals surface area contributed by atoms with Crippen molar-refractivity contribution in [2.75, 3.05) is 5.73 Å². The van der Waals surface area contributed by atoms with E-state index >= 15 is 0 Å². The van der Waals surface area contributed by atoms with Gasteiger partial charge in [-0.15, -0.1) is 0 Å². The van der Waals surface area contributed by atoms with Crippen molar-refractivity contribution in [3.8, 4) is 22.4 Å². The van der Waals surface area contributed by atoms with Gasteiger partial charge in [0.1, 0.15) is 17.3 Å². The second-order valence-corrected chi connectivity index (χ2v) is 4.34. The molecule has 5 nitrogen and oxygen atoms in total. The maximum absolute atomic E-state index is 13.9. The van der Waals surface area contributed by atoms with E-state index in [1.165, 1.54) is 18.3 Å². The molecular formula is C14H9F2N3O2. The monoisotopic (exact) mass is 289 g/mol. The van der Waals surface area contributed by atoms with Gasteiger partial charge in [0.25, 0.3) is 0 Å². The molecule has 3 N–H and O–H groups in total. The first kappa shape index (κ1) is 13.0. The van der Waals surface area contributed by atoms with Gasteiger partial charge in [-0.25, -0.2) is 8.78 Å². The first-order valence-corrected chi connectivity index (χ1v) is 5.96. The van der Waals surface area contributed by atoms with Crippen LogP contribution < -0.4 is 11.3 Å². The van der Waals surface area contributed by atoms with E-state index in [2.05, 4.69) is 10.1 Å². The van der Waals surface area contributed by atoms with Gasteiger partial charge in [0.15, 0.2) is 0 Å². The molecule has 3 rings (SSSR count). The summed E-state index contributed by atoms with van der Waals surface area (Å²) in [4.78, 5) is 13.8. The van der Waals surface area contributed by atoms with Gasteiger partial charge >= 0.3 is 0 Å². The Morgan fingerprint density at radius 2 is 2.00 bits per heavy atom. The number of aromatic nitrogens is 2. The maximum Gasteiger partial charge on any atom is 0.248 e. The van der Waals surface area contributed by atoms with Gasteiger partial charge < -0.3 is 15.2 Å². The Bertz CT molecular complexity index is 871. The van der Waals surface area contributed by atoms with Gasteiger partial charge in [-0.1, -0.05) is 5.16 Å². The maximum atomic E-state index is 13.9. The molecular weight excluding hydrogens is 280 g/mol. The van der Waals surface area contributed by atoms with E-state index in [-0.39, 0.29) is 28.3 Å². The first-order valence-electron chi connectivity index (χ1n) is 5.96. The highest BCUT2D eigenvalue weighted by Gasteiger charge is 2.20. The third-order valence-corrected chi connectivity index (χ3v) is 2.97. The number of nitrogens with two attached hydrogens (primary N) is 1.